The zero-order valence-electron chi connectivity index (χ0n) is 11.8. The molecule has 0 aliphatic heterocycles. The fourth-order valence-corrected chi connectivity index (χ4v) is 1.91. The summed E-state index contributed by atoms with van der Waals surface area (Å²) in [6.45, 7) is 5.17. The Labute approximate surface area is 118 Å². The molecular weight excluding hydrogens is 255 g/mol. The number of halogens is 1. The van der Waals surface area contributed by atoms with E-state index in [0.717, 1.165) is 35.9 Å². The maximum atomic E-state index is 13.1. The van der Waals surface area contributed by atoms with Gasteiger partial charge in [-0.25, -0.2) is 9.37 Å². The van der Waals surface area contributed by atoms with E-state index in [1.807, 2.05) is 18.7 Å². The summed E-state index contributed by atoms with van der Waals surface area (Å²) in [4.78, 5) is 10.9. The van der Waals surface area contributed by atoms with Crippen LogP contribution < -0.4 is 10.6 Å². The van der Waals surface area contributed by atoms with Crippen LogP contribution in [0.1, 0.15) is 17.8 Å². The minimum absolute atomic E-state index is 0.251. The predicted molar refractivity (Wildman–Crippen MR) is 78.6 cm³/mol. The van der Waals surface area contributed by atoms with Crippen LogP contribution in [0.2, 0.25) is 0 Å². The van der Waals surface area contributed by atoms with E-state index in [1.54, 1.807) is 18.3 Å². The van der Waals surface area contributed by atoms with Gasteiger partial charge in [0.2, 0.25) is 0 Å². The highest BCUT2D eigenvalue weighted by molar-refractivity contribution is 5.59. The lowest BCUT2D eigenvalue weighted by Gasteiger charge is -2.24. The Morgan fingerprint density at radius 3 is 2.45 bits per heavy atom. The van der Waals surface area contributed by atoms with Gasteiger partial charge in [0.15, 0.2) is 5.82 Å². The van der Waals surface area contributed by atoms with Gasteiger partial charge in [-0.15, -0.1) is 0 Å². The summed E-state index contributed by atoms with van der Waals surface area (Å²) in [5, 5.41) is 0. The van der Waals surface area contributed by atoms with Gasteiger partial charge in [0.1, 0.15) is 5.82 Å². The average molecular weight is 274 g/mol. The van der Waals surface area contributed by atoms with Crippen LogP contribution in [0, 0.1) is 19.7 Å². The topological polar surface area (TPSA) is 55.0 Å². The first-order valence-corrected chi connectivity index (χ1v) is 6.65. The van der Waals surface area contributed by atoms with Crippen LogP contribution in [-0.4, -0.2) is 23.1 Å². The molecule has 0 radical (unpaired) electrons. The van der Waals surface area contributed by atoms with E-state index < -0.39 is 0 Å². The molecule has 0 fully saturated rings. The number of hydrogen-bond donors (Lipinski definition) is 1. The molecule has 0 aliphatic carbocycles. The zero-order valence-corrected chi connectivity index (χ0v) is 11.8. The number of nitrogens with two attached hydrogens (primary N) is 1. The molecule has 5 heteroatoms. The van der Waals surface area contributed by atoms with Crippen LogP contribution >= 0.6 is 0 Å². The summed E-state index contributed by atoms with van der Waals surface area (Å²) in [6.07, 6.45) is 2.56. The summed E-state index contributed by atoms with van der Waals surface area (Å²) in [5.74, 6) is 0.506. The van der Waals surface area contributed by atoms with E-state index in [0.29, 0.717) is 6.54 Å². The highest BCUT2D eigenvalue weighted by atomic mass is 19.1. The summed E-state index contributed by atoms with van der Waals surface area (Å²) >= 11 is 0. The third-order valence-corrected chi connectivity index (χ3v) is 3.18. The Bertz CT molecular complexity index is 569. The Hall–Kier alpha value is -2.01. The van der Waals surface area contributed by atoms with Gasteiger partial charge >= 0.3 is 0 Å². The van der Waals surface area contributed by atoms with Crippen molar-refractivity contribution in [1.82, 2.24) is 9.97 Å². The fraction of sp³-hybridized carbons (Fsp3) is 0.333. The van der Waals surface area contributed by atoms with Crippen LogP contribution in [0.4, 0.5) is 15.9 Å². The van der Waals surface area contributed by atoms with Crippen molar-refractivity contribution in [2.45, 2.75) is 20.3 Å². The Balaban J connectivity index is 2.35. The van der Waals surface area contributed by atoms with E-state index in [2.05, 4.69) is 9.97 Å². The third-order valence-electron chi connectivity index (χ3n) is 3.18. The molecule has 0 atom stereocenters. The molecule has 106 valence electrons. The van der Waals surface area contributed by atoms with Crippen molar-refractivity contribution in [3.63, 3.8) is 0 Å². The van der Waals surface area contributed by atoms with E-state index in [-0.39, 0.29) is 5.82 Å². The van der Waals surface area contributed by atoms with E-state index >= 15 is 0 Å². The fourth-order valence-electron chi connectivity index (χ4n) is 1.91. The largest absolute Gasteiger partial charge is 0.330 e. The van der Waals surface area contributed by atoms with Crippen molar-refractivity contribution in [2.24, 2.45) is 5.73 Å². The lowest BCUT2D eigenvalue weighted by atomic mass is 10.2. The van der Waals surface area contributed by atoms with Crippen molar-refractivity contribution < 1.29 is 4.39 Å². The van der Waals surface area contributed by atoms with Gasteiger partial charge in [0, 0.05) is 12.2 Å². The number of benzene rings is 1. The smallest absolute Gasteiger partial charge is 0.151 e. The molecule has 1 heterocycles. The van der Waals surface area contributed by atoms with E-state index in [4.69, 9.17) is 5.73 Å². The first-order chi connectivity index (χ1) is 9.61. The molecule has 2 rings (SSSR count). The van der Waals surface area contributed by atoms with Gasteiger partial charge in [0.25, 0.3) is 0 Å². The second-order valence-electron chi connectivity index (χ2n) is 4.67. The minimum atomic E-state index is -0.251. The molecule has 1 aromatic heterocycles. The van der Waals surface area contributed by atoms with E-state index in [1.165, 1.54) is 12.1 Å². The molecule has 0 amide bonds. The minimum Gasteiger partial charge on any atom is -0.330 e. The van der Waals surface area contributed by atoms with Crippen LogP contribution in [0.5, 0.6) is 0 Å². The molecule has 1 aromatic carbocycles. The third kappa shape index (κ3) is 3.30. The molecule has 0 saturated carbocycles. The van der Waals surface area contributed by atoms with Gasteiger partial charge in [-0.2, -0.15) is 0 Å². The first kappa shape index (κ1) is 14.4. The standard InChI is InChI=1S/C15H19FN4/c1-11-12(2)19-15(10-18-11)20(9-3-8-17)14-6-4-13(16)5-7-14/h4-7,10H,3,8-9,17H2,1-2H3. The van der Waals surface area contributed by atoms with Gasteiger partial charge in [-0.1, -0.05) is 0 Å². The summed E-state index contributed by atoms with van der Waals surface area (Å²) < 4.78 is 13.1. The van der Waals surface area contributed by atoms with Crippen molar-refractivity contribution in [3.05, 3.63) is 47.7 Å². The number of nitrogens with zero attached hydrogens (tertiary/aromatic N) is 3. The molecular formula is C15H19FN4. The predicted octanol–water partition coefficient (Wildman–Crippen LogP) is 2.72. The van der Waals surface area contributed by atoms with Crippen LogP contribution in [0.15, 0.2) is 30.5 Å². The number of hydrogen-bond acceptors (Lipinski definition) is 4. The van der Waals surface area contributed by atoms with Crippen molar-refractivity contribution in [1.29, 1.82) is 0 Å². The normalized spacial score (nSPS) is 10.6. The number of anilines is 2. The number of aromatic nitrogens is 2. The highest BCUT2D eigenvalue weighted by Gasteiger charge is 2.12. The first-order valence-electron chi connectivity index (χ1n) is 6.65. The zero-order chi connectivity index (χ0) is 14.5. The van der Waals surface area contributed by atoms with Gasteiger partial charge in [-0.3, -0.25) is 4.98 Å². The van der Waals surface area contributed by atoms with E-state index in [9.17, 15) is 4.39 Å². The number of aryl methyl sites for hydroxylation is 2. The van der Waals surface area contributed by atoms with Gasteiger partial charge in [0.05, 0.1) is 17.6 Å². The van der Waals surface area contributed by atoms with Crippen LogP contribution in [0.25, 0.3) is 0 Å². The molecule has 4 nitrogen and oxygen atoms in total. The Morgan fingerprint density at radius 1 is 1.15 bits per heavy atom. The summed E-state index contributed by atoms with van der Waals surface area (Å²) in [6, 6.07) is 6.37. The second kappa shape index (κ2) is 6.43. The SMILES string of the molecule is Cc1ncc(N(CCCN)c2ccc(F)cc2)nc1C. The highest BCUT2D eigenvalue weighted by Crippen LogP contribution is 2.24. The lowest BCUT2D eigenvalue weighted by Crippen LogP contribution is -2.22. The molecule has 0 saturated heterocycles. The Kier molecular flexibility index (Phi) is 4.63. The van der Waals surface area contributed by atoms with Crippen LogP contribution in [0.3, 0.4) is 0 Å². The molecule has 0 bridgehead atoms. The van der Waals surface area contributed by atoms with Crippen molar-refractivity contribution in [3.8, 4) is 0 Å². The monoisotopic (exact) mass is 274 g/mol. The molecule has 2 aromatic rings. The van der Waals surface area contributed by atoms with Gasteiger partial charge in [-0.05, 0) is 51.1 Å². The Morgan fingerprint density at radius 2 is 1.85 bits per heavy atom. The molecule has 2 N–H and O–H groups in total. The second-order valence-corrected chi connectivity index (χ2v) is 4.67. The molecule has 0 aliphatic rings. The molecule has 0 spiro atoms. The van der Waals surface area contributed by atoms with Crippen LogP contribution in [-0.2, 0) is 0 Å². The lowest BCUT2D eigenvalue weighted by molar-refractivity contribution is 0.627. The van der Waals surface area contributed by atoms with Gasteiger partial charge < -0.3 is 10.6 Å². The summed E-state index contributed by atoms with van der Waals surface area (Å²) in [5.41, 5.74) is 8.27. The molecule has 0 unspecified atom stereocenters. The summed E-state index contributed by atoms with van der Waals surface area (Å²) in [7, 11) is 0. The quantitative estimate of drug-likeness (QED) is 0.910. The number of rotatable bonds is 5. The molecule has 20 heavy (non-hydrogen) atoms. The van der Waals surface area contributed by atoms with Crippen molar-refractivity contribution in [2.75, 3.05) is 18.0 Å². The van der Waals surface area contributed by atoms with Crippen molar-refractivity contribution >= 4 is 11.5 Å². The maximum absolute atomic E-state index is 13.1. The maximum Gasteiger partial charge on any atom is 0.151 e. The average Bonchev–Trinajstić information content (AvgIpc) is 2.45.